The molecule has 0 saturated heterocycles. The van der Waals surface area contributed by atoms with Gasteiger partial charge >= 0.3 is 5.97 Å². The number of carbonyl (C=O) groups excluding carboxylic acids is 1. The number of esters is 1. The zero-order valence-electron chi connectivity index (χ0n) is 12.9. The fourth-order valence-corrected chi connectivity index (χ4v) is 2.69. The van der Waals surface area contributed by atoms with Crippen LogP contribution >= 0.6 is 11.3 Å². The van der Waals surface area contributed by atoms with Crippen LogP contribution in [0.2, 0.25) is 0 Å². The summed E-state index contributed by atoms with van der Waals surface area (Å²) in [5.41, 5.74) is 4.71. The number of rotatable bonds is 6. The van der Waals surface area contributed by atoms with Crippen LogP contribution < -0.4 is 5.43 Å². The topological polar surface area (TPSA) is 63.6 Å². The number of anilines is 1. The Morgan fingerprint density at radius 3 is 2.86 bits per heavy atom. The maximum absolute atomic E-state index is 11.7. The van der Waals surface area contributed by atoms with E-state index in [1.807, 2.05) is 24.4 Å². The van der Waals surface area contributed by atoms with Crippen molar-refractivity contribution in [2.45, 2.75) is 26.7 Å². The Balaban J connectivity index is 1.98. The highest BCUT2D eigenvalue weighted by atomic mass is 32.1. The third kappa shape index (κ3) is 4.14. The van der Waals surface area contributed by atoms with Crippen molar-refractivity contribution in [2.24, 2.45) is 5.10 Å². The second-order valence-electron chi connectivity index (χ2n) is 4.74. The summed E-state index contributed by atoms with van der Waals surface area (Å²) in [6, 6.07) is 10.1. The largest absolute Gasteiger partial charge is 0.462 e. The Morgan fingerprint density at radius 1 is 1.45 bits per heavy atom. The van der Waals surface area contributed by atoms with E-state index in [1.54, 1.807) is 13.8 Å². The Kier molecular flexibility index (Phi) is 5.66. The van der Waals surface area contributed by atoms with Gasteiger partial charge in [-0.2, -0.15) is 5.10 Å². The summed E-state index contributed by atoms with van der Waals surface area (Å²) in [5.74, 6) is -0.147. The fourth-order valence-electron chi connectivity index (χ4n) is 1.88. The predicted octanol–water partition coefficient (Wildman–Crippen LogP) is 3.83. The lowest BCUT2D eigenvalue weighted by atomic mass is 10.0. The van der Waals surface area contributed by atoms with Gasteiger partial charge in [0.15, 0.2) is 0 Å². The zero-order valence-corrected chi connectivity index (χ0v) is 13.7. The number of hydrazone groups is 1. The van der Waals surface area contributed by atoms with Crippen LogP contribution in [0.4, 0.5) is 5.13 Å². The van der Waals surface area contributed by atoms with Gasteiger partial charge in [0.1, 0.15) is 4.88 Å². The first-order valence-corrected chi connectivity index (χ1v) is 7.92. The van der Waals surface area contributed by atoms with Gasteiger partial charge in [-0.15, -0.1) is 0 Å². The average Bonchev–Trinajstić information content (AvgIpc) is 2.89. The van der Waals surface area contributed by atoms with Gasteiger partial charge < -0.3 is 4.74 Å². The predicted molar refractivity (Wildman–Crippen MR) is 89.8 cm³/mol. The molecular formula is C16H19N3O2S. The normalized spacial score (nSPS) is 12.3. The lowest BCUT2D eigenvalue weighted by Crippen LogP contribution is -2.03. The zero-order chi connectivity index (χ0) is 15.9. The number of nitrogens with one attached hydrogen (secondary N) is 1. The molecule has 0 bridgehead atoms. The summed E-state index contributed by atoms with van der Waals surface area (Å²) in [4.78, 5) is 16.5. The van der Waals surface area contributed by atoms with Gasteiger partial charge in [0.05, 0.1) is 12.3 Å². The smallest absolute Gasteiger partial charge is 0.350 e. The van der Waals surface area contributed by atoms with E-state index in [1.165, 1.54) is 16.9 Å². The monoisotopic (exact) mass is 317 g/mol. The van der Waals surface area contributed by atoms with Gasteiger partial charge in [0.2, 0.25) is 5.13 Å². The number of carbonyl (C=O) groups is 1. The van der Waals surface area contributed by atoms with Gasteiger partial charge in [0, 0.05) is 12.1 Å². The average molecular weight is 317 g/mol. The summed E-state index contributed by atoms with van der Waals surface area (Å²) in [6.07, 6.45) is 1.82. The second kappa shape index (κ2) is 7.70. The van der Waals surface area contributed by atoms with E-state index < -0.39 is 0 Å². The van der Waals surface area contributed by atoms with Gasteiger partial charge in [-0.3, -0.25) is 5.43 Å². The molecule has 1 heterocycles. The summed E-state index contributed by atoms with van der Waals surface area (Å²) >= 11 is 1.24. The fraction of sp³-hybridized carbons (Fsp3) is 0.312. The second-order valence-corrected chi connectivity index (χ2v) is 5.74. The van der Waals surface area contributed by atoms with Crippen molar-refractivity contribution in [1.82, 2.24) is 4.98 Å². The van der Waals surface area contributed by atoms with Crippen molar-refractivity contribution in [1.29, 1.82) is 0 Å². The quantitative estimate of drug-likeness (QED) is 0.499. The third-order valence-corrected chi connectivity index (χ3v) is 4.08. The molecule has 0 fully saturated rings. The molecular weight excluding hydrogens is 298 g/mol. The number of nitrogens with zero attached hydrogens (tertiary/aromatic N) is 2. The molecule has 1 atom stereocenters. The number of hydrogen-bond acceptors (Lipinski definition) is 6. The molecule has 1 aromatic carbocycles. The van der Waals surface area contributed by atoms with Crippen LogP contribution in [0.3, 0.4) is 0 Å². The molecule has 0 spiro atoms. The van der Waals surface area contributed by atoms with E-state index >= 15 is 0 Å². The van der Waals surface area contributed by atoms with E-state index in [4.69, 9.17) is 4.74 Å². The molecule has 0 amide bonds. The first-order chi connectivity index (χ1) is 10.6. The van der Waals surface area contributed by atoms with Crippen molar-refractivity contribution in [2.75, 3.05) is 12.0 Å². The Bertz CT molecular complexity index is 653. The van der Waals surface area contributed by atoms with Gasteiger partial charge in [-0.25, -0.2) is 9.78 Å². The summed E-state index contributed by atoms with van der Waals surface area (Å²) in [7, 11) is 0. The maximum Gasteiger partial charge on any atom is 0.350 e. The van der Waals surface area contributed by atoms with Gasteiger partial charge in [-0.1, -0.05) is 48.6 Å². The van der Waals surface area contributed by atoms with Crippen LogP contribution in [0.25, 0.3) is 0 Å². The Morgan fingerprint density at radius 2 is 2.18 bits per heavy atom. The van der Waals surface area contributed by atoms with Crippen molar-refractivity contribution in [3.8, 4) is 0 Å². The van der Waals surface area contributed by atoms with Crippen LogP contribution in [-0.4, -0.2) is 23.8 Å². The number of aryl methyl sites for hydroxylation is 1. The van der Waals surface area contributed by atoms with Crippen molar-refractivity contribution in [3.05, 3.63) is 46.5 Å². The molecule has 1 N–H and O–H groups in total. The Hall–Kier alpha value is -2.21. The summed E-state index contributed by atoms with van der Waals surface area (Å²) in [6.45, 7) is 5.98. The Labute approximate surface area is 134 Å². The third-order valence-electron chi connectivity index (χ3n) is 3.04. The van der Waals surface area contributed by atoms with E-state index in [2.05, 4.69) is 34.6 Å². The maximum atomic E-state index is 11.7. The highest BCUT2D eigenvalue weighted by Crippen LogP contribution is 2.23. The molecule has 0 radical (unpaired) electrons. The number of aromatic nitrogens is 1. The molecule has 0 unspecified atom stereocenters. The minimum Gasteiger partial charge on any atom is -0.462 e. The van der Waals surface area contributed by atoms with Crippen LogP contribution in [0, 0.1) is 6.92 Å². The van der Waals surface area contributed by atoms with Crippen LogP contribution in [0.5, 0.6) is 0 Å². The van der Waals surface area contributed by atoms with E-state index in [-0.39, 0.29) is 11.9 Å². The SMILES string of the molecule is CCOC(=O)c1sc(N/N=C\[C@H](C)c2ccccc2)nc1C. The summed E-state index contributed by atoms with van der Waals surface area (Å²) in [5, 5.41) is 4.78. The van der Waals surface area contributed by atoms with E-state index in [0.29, 0.717) is 22.3 Å². The minimum atomic E-state index is -0.341. The number of thiazole rings is 1. The molecule has 2 aromatic rings. The lowest BCUT2D eigenvalue weighted by Gasteiger charge is -2.04. The standard InChI is InChI=1S/C16H19N3O2S/c1-4-21-15(20)14-12(3)18-16(22-14)19-17-10-11(2)13-8-6-5-7-9-13/h5-11H,4H2,1-3H3,(H,18,19)/b17-10-/t11-/m0/s1. The minimum absolute atomic E-state index is 0.194. The highest BCUT2D eigenvalue weighted by Gasteiger charge is 2.15. The number of benzene rings is 1. The van der Waals surface area contributed by atoms with E-state index in [9.17, 15) is 4.79 Å². The molecule has 0 aliphatic rings. The van der Waals surface area contributed by atoms with Crippen LogP contribution in [0.1, 0.15) is 40.7 Å². The molecule has 0 aliphatic heterocycles. The van der Waals surface area contributed by atoms with Crippen molar-refractivity contribution < 1.29 is 9.53 Å². The number of ether oxygens (including phenoxy) is 1. The molecule has 1 aromatic heterocycles. The van der Waals surface area contributed by atoms with Crippen molar-refractivity contribution in [3.63, 3.8) is 0 Å². The van der Waals surface area contributed by atoms with Gasteiger partial charge in [0.25, 0.3) is 0 Å². The van der Waals surface area contributed by atoms with Crippen molar-refractivity contribution >= 4 is 28.7 Å². The molecule has 2 rings (SSSR count). The molecule has 116 valence electrons. The van der Waals surface area contributed by atoms with Gasteiger partial charge in [-0.05, 0) is 19.4 Å². The molecule has 22 heavy (non-hydrogen) atoms. The molecule has 6 heteroatoms. The highest BCUT2D eigenvalue weighted by molar-refractivity contribution is 7.17. The molecule has 0 saturated carbocycles. The molecule has 0 aliphatic carbocycles. The lowest BCUT2D eigenvalue weighted by molar-refractivity contribution is 0.0531. The first-order valence-electron chi connectivity index (χ1n) is 7.10. The van der Waals surface area contributed by atoms with E-state index in [0.717, 1.165) is 0 Å². The van der Waals surface area contributed by atoms with Crippen LogP contribution in [0.15, 0.2) is 35.4 Å². The molecule has 5 nitrogen and oxygen atoms in total. The first kappa shape index (κ1) is 16.2. The number of hydrogen-bond donors (Lipinski definition) is 1. The summed E-state index contributed by atoms with van der Waals surface area (Å²) < 4.78 is 4.99. The van der Waals surface area contributed by atoms with Crippen LogP contribution in [-0.2, 0) is 4.74 Å².